The quantitative estimate of drug-likeness (QED) is 0.535. The average molecular weight is 400 g/mol. The van der Waals surface area contributed by atoms with Gasteiger partial charge in [0.25, 0.3) is 5.91 Å². The van der Waals surface area contributed by atoms with E-state index in [0.29, 0.717) is 36.9 Å². The van der Waals surface area contributed by atoms with Gasteiger partial charge in [0.2, 0.25) is 0 Å². The third-order valence-corrected chi connectivity index (χ3v) is 4.23. The van der Waals surface area contributed by atoms with Crippen molar-refractivity contribution in [2.45, 2.75) is 39.2 Å². The molecule has 1 atom stereocenters. The van der Waals surface area contributed by atoms with Crippen molar-refractivity contribution in [1.29, 1.82) is 0 Å². The van der Waals surface area contributed by atoms with Gasteiger partial charge < -0.3 is 24.1 Å². The molecule has 1 N–H and O–H groups in total. The molecule has 154 valence electrons. The fraction of sp³-hybridized carbons (Fsp3) is 0.381. The van der Waals surface area contributed by atoms with Crippen molar-refractivity contribution >= 4 is 23.8 Å². The van der Waals surface area contributed by atoms with Crippen LogP contribution in [-0.2, 0) is 14.3 Å². The van der Waals surface area contributed by atoms with Gasteiger partial charge in [0, 0.05) is 12.1 Å². The number of benzene rings is 1. The molecule has 1 amide bonds. The fourth-order valence-electron chi connectivity index (χ4n) is 2.77. The summed E-state index contributed by atoms with van der Waals surface area (Å²) in [5, 5.41) is 6.33. The van der Waals surface area contributed by atoms with Crippen molar-refractivity contribution in [2.75, 3.05) is 18.5 Å². The van der Waals surface area contributed by atoms with Crippen molar-refractivity contribution in [3.05, 3.63) is 41.7 Å². The Bertz CT molecular complexity index is 889. The van der Waals surface area contributed by atoms with E-state index >= 15 is 0 Å². The number of anilines is 1. The number of esters is 1. The van der Waals surface area contributed by atoms with Crippen LogP contribution in [0.3, 0.4) is 0 Å². The molecule has 8 nitrogen and oxygen atoms in total. The first-order valence-electron chi connectivity index (χ1n) is 9.57. The Morgan fingerprint density at radius 1 is 1.24 bits per heavy atom. The van der Waals surface area contributed by atoms with Gasteiger partial charge in [-0.3, -0.25) is 4.79 Å². The summed E-state index contributed by atoms with van der Waals surface area (Å²) in [6, 6.07) is 6.98. The lowest BCUT2D eigenvalue weighted by molar-refractivity contribution is -0.149. The first-order chi connectivity index (χ1) is 14.0. The van der Waals surface area contributed by atoms with E-state index in [1.165, 1.54) is 6.08 Å². The van der Waals surface area contributed by atoms with Gasteiger partial charge >= 0.3 is 5.97 Å². The van der Waals surface area contributed by atoms with Crippen LogP contribution in [0.25, 0.3) is 6.08 Å². The number of amides is 1. The van der Waals surface area contributed by atoms with E-state index in [-0.39, 0.29) is 5.82 Å². The molecule has 3 rings (SSSR count). The standard InChI is InChI=1S/C21H24N2O6/c1-3-4-5-17(21(25)22-19-12-14(2)29-23-19)28-20(24)9-7-15-6-8-16-18(13-15)27-11-10-26-16/h6-9,12-13,17H,3-5,10-11H2,1-2H3,(H,22,23,25)/b9-7+. The molecule has 1 unspecified atom stereocenters. The number of aryl methyl sites for hydroxylation is 1. The van der Waals surface area contributed by atoms with E-state index in [0.717, 1.165) is 18.4 Å². The summed E-state index contributed by atoms with van der Waals surface area (Å²) >= 11 is 0. The molecule has 2 aromatic rings. The van der Waals surface area contributed by atoms with E-state index in [1.807, 2.05) is 13.0 Å². The molecule has 0 radical (unpaired) electrons. The number of nitrogens with zero attached hydrogens (tertiary/aromatic N) is 1. The lowest BCUT2D eigenvalue weighted by Gasteiger charge is -2.18. The number of hydrogen-bond acceptors (Lipinski definition) is 7. The minimum absolute atomic E-state index is 0.289. The van der Waals surface area contributed by atoms with Crippen molar-refractivity contribution < 1.29 is 28.3 Å². The summed E-state index contributed by atoms with van der Waals surface area (Å²) in [5.74, 6) is 1.13. The van der Waals surface area contributed by atoms with Crippen LogP contribution < -0.4 is 14.8 Å². The molecular formula is C21H24N2O6. The lowest BCUT2D eigenvalue weighted by atomic mass is 10.1. The number of carbonyl (C=O) groups is 2. The molecule has 0 fully saturated rings. The van der Waals surface area contributed by atoms with Gasteiger partial charge in [0.1, 0.15) is 19.0 Å². The summed E-state index contributed by atoms with van der Waals surface area (Å²) in [4.78, 5) is 24.7. The second-order valence-corrected chi connectivity index (χ2v) is 6.62. The molecular weight excluding hydrogens is 376 g/mol. The molecule has 1 aliphatic rings. The number of rotatable bonds is 8. The molecule has 8 heteroatoms. The van der Waals surface area contributed by atoms with E-state index < -0.39 is 18.0 Å². The van der Waals surface area contributed by atoms with Crippen LogP contribution in [0.5, 0.6) is 11.5 Å². The summed E-state index contributed by atoms with van der Waals surface area (Å²) in [5.41, 5.74) is 0.763. The van der Waals surface area contributed by atoms with Gasteiger partial charge in [-0.2, -0.15) is 0 Å². The number of carbonyl (C=O) groups excluding carboxylic acids is 2. The topological polar surface area (TPSA) is 99.9 Å². The van der Waals surface area contributed by atoms with Crippen LogP contribution in [0, 0.1) is 6.92 Å². The minimum Gasteiger partial charge on any atom is -0.486 e. The molecule has 0 saturated heterocycles. The van der Waals surface area contributed by atoms with Gasteiger partial charge in [-0.15, -0.1) is 0 Å². The average Bonchev–Trinajstić information content (AvgIpc) is 3.13. The second kappa shape index (κ2) is 9.77. The Kier molecular flexibility index (Phi) is 6.89. The zero-order valence-corrected chi connectivity index (χ0v) is 16.5. The highest BCUT2D eigenvalue weighted by Crippen LogP contribution is 2.31. The minimum atomic E-state index is -0.913. The van der Waals surface area contributed by atoms with Crippen LogP contribution in [0.4, 0.5) is 5.82 Å². The van der Waals surface area contributed by atoms with Crippen LogP contribution in [0.15, 0.2) is 34.9 Å². The van der Waals surface area contributed by atoms with E-state index in [9.17, 15) is 9.59 Å². The monoisotopic (exact) mass is 400 g/mol. The highest BCUT2D eigenvalue weighted by Gasteiger charge is 2.22. The first kappa shape index (κ1) is 20.4. The molecule has 0 saturated carbocycles. The molecule has 0 aliphatic carbocycles. The predicted octanol–water partition coefficient (Wildman–Crippen LogP) is 3.51. The van der Waals surface area contributed by atoms with Crippen molar-refractivity contribution in [3.8, 4) is 11.5 Å². The number of nitrogens with one attached hydrogen (secondary N) is 1. The van der Waals surface area contributed by atoms with Gasteiger partial charge in [-0.1, -0.05) is 24.6 Å². The highest BCUT2D eigenvalue weighted by molar-refractivity contribution is 5.96. The molecule has 0 spiro atoms. The first-order valence-corrected chi connectivity index (χ1v) is 9.57. The Morgan fingerprint density at radius 3 is 2.76 bits per heavy atom. The maximum atomic E-state index is 12.5. The maximum Gasteiger partial charge on any atom is 0.331 e. The van der Waals surface area contributed by atoms with Gasteiger partial charge in [-0.25, -0.2) is 4.79 Å². The lowest BCUT2D eigenvalue weighted by Crippen LogP contribution is -2.32. The van der Waals surface area contributed by atoms with E-state index in [2.05, 4.69) is 10.5 Å². The molecule has 1 aliphatic heterocycles. The SMILES string of the molecule is CCCCC(OC(=O)/C=C/c1ccc2c(c1)OCCO2)C(=O)Nc1cc(C)on1. The van der Waals surface area contributed by atoms with Crippen molar-refractivity contribution in [2.24, 2.45) is 0 Å². The Hall–Kier alpha value is -3.29. The fourth-order valence-corrected chi connectivity index (χ4v) is 2.77. The van der Waals surface area contributed by atoms with Crippen LogP contribution in [0.2, 0.25) is 0 Å². The Labute approximate surface area is 168 Å². The summed E-state index contributed by atoms with van der Waals surface area (Å²) < 4.78 is 21.3. The molecule has 1 aromatic heterocycles. The number of hydrogen-bond donors (Lipinski definition) is 1. The largest absolute Gasteiger partial charge is 0.486 e. The second-order valence-electron chi connectivity index (χ2n) is 6.62. The third-order valence-electron chi connectivity index (χ3n) is 4.23. The number of fused-ring (bicyclic) bond motifs is 1. The zero-order valence-electron chi connectivity index (χ0n) is 16.5. The van der Waals surface area contributed by atoms with Crippen LogP contribution >= 0.6 is 0 Å². The van der Waals surface area contributed by atoms with Crippen molar-refractivity contribution in [3.63, 3.8) is 0 Å². The smallest absolute Gasteiger partial charge is 0.331 e. The number of aromatic nitrogens is 1. The van der Waals surface area contributed by atoms with Gasteiger partial charge in [-0.05, 0) is 43.5 Å². The normalized spacial score (nSPS) is 13.9. The molecule has 29 heavy (non-hydrogen) atoms. The number of ether oxygens (including phenoxy) is 3. The van der Waals surface area contributed by atoms with E-state index in [1.54, 1.807) is 31.2 Å². The van der Waals surface area contributed by atoms with Gasteiger partial charge in [0.15, 0.2) is 23.4 Å². The molecule has 1 aromatic carbocycles. The van der Waals surface area contributed by atoms with Gasteiger partial charge in [0.05, 0.1) is 0 Å². The summed E-state index contributed by atoms with van der Waals surface area (Å²) in [7, 11) is 0. The number of unbranched alkanes of at least 4 members (excludes halogenated alkanes) is 1. The Balaban J connectivity index is 1.61. The summed E-state index contributed by atoms with van der Waals surface area (Å²) in [6.07, 6.45) is 4.02. The maximum absolute atomic E-state index is 12.5. The van der Waals surface area contributed by atoms with Crippen LogP contribution in [0.1, 0.15) is 37.5 Å². The van der Waals surface area contributed by atoms with Crippen molar-refractivity contribution in [1.82, 2.24) is 5.16 Å². The third kappa shape index (κ3) is 5.84. The highest BCUT2D eigenvalue weighted by atomic mass is 16.6. The predicted molar refractivity (Wildman–Crippen MR) is 106 cm³/mol. The van der Waals surface area contributed by atoms with Crippen LogP contribution in [-0.4, -0.2) is 36.4 Å². The molecule has 0 bridgehead atoms. The van der Waals surface area contributed by atoms with E-state index in [4.69, 9.17) is 18.7 Å². The Morgan fingerprint density at radius 2 is 2.03 bits per heavy atom. The zero-order chi connectivity index (χ0) is 20.6. The molecule has 2 heterocycles. The summed E-state index contributed by atoms with van der Waals surface area (Å²) in [6.45, 7) is 4.73.